The standard InChI is InChI=1S/C12H14ClN5/c1-2-18(7-9-3-5-15-6-4-9)12-10(13)11(14)16-8-17-12/h3-6,8H,2,7H2,1H3,(H2,14,16,17). The highest BCUT2D eigenvalue weighted by Crippen LogP contribution is 2.27. The van der Waals surface area contributed by atoms with E-state index in [1.54, 1.807) is 12.4 Å². The van der Waals surface area contributed by atoms with Gasteiger partial charge in [-0.15, -0.1) is 0 Å². The first-order chi connectivity index (χ1) is 8.72. The number of anilines is 2. The molecule has 0 aromatic carbocycles. The fraction of sp³-hybridized carbons (Fsp3) is 0.250. The molecule has 0 atom stereocenters. The summed E-state index contributed by atoms with van der Waals surface area (Å²) < 4.78 is 0. The van der Waals surface area contributed by atoms with E-state index in [1.807, 2.05) is 24.0 Å². The predicted octanol–water partition coefficient (Wildman–Crippen LogP) is 2.13. The van der Waals surface area contributed by atoms with E-state index in [2.05, 4.69) is 15.0 Å². The molecule has 0 aliphatic carbocycles. The fourth-order valence-corrected chi connectivity index (χ4v) is 1.86. The van der Waals surface area contributed by atoms with E-state index in [0.717, 1.165) is 12.1 Å². The molecule has 5 nitrogen and oxygen atoms in total. The zero-order valence-corrected chi connectivity index (χ0v) is 10.8. The van der Waals surface area contributed by atoms with Gasteiger partial charge in [-0.1, -0.05) is 11.6 Å². The van der Waals surface area contributed by atoms with Crippen LogP contribution in [0.25, 0.3) is 0 Å². The smallest absolute Gasteiger partial charge is 0.153 e. The molecule has 0 amide bonds. The van der Waals surface area contributed by atoms with Gasteiger partial charge in [0.05, 0.1) is 0 Å². The largest absolute Gasteiger partial charge is 0.382 e. The number of hydrogen-bond acceptors (Lipinski definition) is 5. The molecule has 0 saturated heterocycles. The summed E-state index contributed by atoms with van der Waals surface area (Å²) in [6, 6.07) is 3.92. The van der Waals surface area contributed by atoms with Crippen LogP contribution in [0.1, 0.15) is 12.5 Å². The molecule has 0 saturated carbocycles. The molecular weight excluding hydrogens is 250 g/mol. The van der Waals surface area contributed by atoms with Gasteiger partial charge in [-0.05, 0) is 24.6 Å². The summed E-state index contributed by atoms with van der Waals surface area (Å²) in [6.07, 6.45) is 4.95. The average Bonchev–Trinajstić information content (AvgIpc) is 2.41. The monoisotopic (exact) mass is 263 g/mol. The normalized spacial score (nSPS) is 10.3. The van der Waals surface area contributed by atoms with Crippen molar-refractivity contribution in [3.63, 3.8) is 0 Å². The Balaban J connectivity index is 2.26. The van der Waals surface area contributed by atoms with Crippen LogP contribution in [0.2, 0.25) is 5.02 Å². The van der Waals surface area contributed by atoms with Crippen LogP contribution in [0, 0.1) is 0 Å². The third-order valence-electron chi connectivity index (χ3n) is 2.60. The summed E-state index contributed by atoms with van der Waals surface area (Å²) in [7, 11) is 0. The lowest BCUT2D eigenvalue weighted by molar-refractivity contribution is 0.809. The molecule has 0 unspecified atom stereocenters. The highest BCUT2D eigenvalue weighted by atomic mass is 35.5. The van der Waals surface area contributed by atoms with Gasteiger partial charge in [-0.2, -0.15) is 0 Å². The van der Waals surface area contributed by atoms with E-state index in [-0.39, 0.29) is 0 Å². The number of nitrogens with two attached hydrogens (primary N) is 1. The van der Waals surface area contributed by atoms with Crippen molar-refractivity contribution in [2.75, 3.05) is 17.2 Å². The third kappa shape index (κ3) is 2.68. The zero-order chi connectivity index (χ0) is 13.0. The number of nitrogens with zero attached hydrogens (tertiary/aromatic N) is 4. The first kappa shape index (κ1) is 12.6. The lowest BCUT2D eigenvalue weighted by Gasteiger charge is -2.23. The predicted molar refractivity (Wildman–Crippen MR) is 72.4 cm³/mol. The number of rotatable bonds is 4. The van der Waals surface area contributed by atoms with E-state index in [4.69, 9.17) is 17.3 Å². The number of aromatic nitrogens is 3. The Morgan fingerprint density at radius 1 is 1.28 bits per heavy atom. The van der Waals surface area contributed by atoms with E-state index in [9.17, 15) is 0 Å². The van der Waals surface area contributed by atoms with E-state index < -0.39 is 0 Å². The molecule has 0 spiro atoms. The van der Waals surface area contributed by atoms with Crippen molar-refractivity contribution in [1.82, 2.24) is 15.0 Å². The molecule has 6 heteroatoms. The van der Waals surface area contributed by atoms with Crippen LogP contribution in [-0.4, -0.2) is 21.5 Å². The molecule has 18 heavy (non-hydrogen) atoms. The molecular formula is C12H14ClN5. The Hall–Kier alpha value is -1.88. The molecule has 2 N–H and O–H groups in total. The van der Waals surface area contributed by atoms with Crippen LogP contribution >= 0.6 is 11.6 Å². The van der Waals surface area contributed by atoms with Crippen LogP contribution in [0.3, 0.4) is 0 Å². The van der Waals surface area contributed by atoms with Gasteiger partial charge in [-0.3, -0.25) is 4.98 Å². The lowest BCUT2D eigenvalue weighted by atomic mass is 10.2. The lowest BCUT2D eigenvalue weighted by Crippen LogP contribution is -2.23. The molecule has 0 aliphatic heterocycles. The van der Waals surface area contributed by atoms with Gasteiger partial charge in [0.1, 0.15) is 17.2 Å². The molecule has 2 aromatic rings. The van der Waals surface area contributed by atoms with Crippen LogP contribution in [0.15, 0.2) is 30.9 Å². The zero-order valence-electron chi connectivity index (χ0n) is 10.0. The van der Waals surface area contributed by atoms with Crippen molar-refractivity contribution in [2.24, 2.45) is 0 Å². The van der Waals surface area contributed by atoms with Crippen molar-refractivity contribution < 1.29 is 0 Å². The van der Waals surface area contributed by atoms with Crippen molar-refractivity contribution in [2.45, 2.75) is 13.5 Å². The summed E-state index contributed by atoms with van der Waals surface area (Å²) in [5, 5.41) is 0.397. The third-order valence-corrected chi connectivity index (χ3v) is 2.96. The summed E-state index contributed by atoms with van der Waals surface area (Å²) in [4.78, 5) is 14.1. The van der Waals surface area contributed by atoms with Gasteiger partial charge in [0.25, 0.3) is 0 Å². The van der Waals surface area contributed by atoms with Gasteiger partial charge < -0.3 is 10.6 Å². The maximum absolute atomic E-state index is 6.13. The molecule has 2 rings (SSSR count). The quantitative estimate of drug-likeness (QED) is 0.915. The van der Waals surface area contributed by atoms with Crippen molar-refractivity contribution in [3.05, 3.63) is 41.4 Å². The topological polar surface area (TPSA) is 67.9 Å². The van der Waals surface area contributed by atoms with Crippen LogP contribution in [0.4, 0.5) is 11.6 Å². The minimum atomic E-state index is 0.301. The highest BCUT2D eigenvalue weighted by Gasteiger charge is 2.13. The van der Waals surface area contributed by atoms with E-state index in [0.29, 0.717) is 23.2 Å². The van der Waals surface area contributed by atoms with Crippen molar-refractivity contribution >= 4 is 23.2 Å². The summed E-state index contributed by atoms with van der Waals surface area (Å²) in [5.41, 5.74) is 6.83. The second-order valence-corrected chi connectivity index (χ2v) is 4.14. The second-order valence-electron chi connectivity index (χ2n) is 3.77. The van der Waals surface area contributed by atoms with Gasteiger partial charge in [0.15, 0.2) is 5.82 Å². The summed E-state index contributed by atoms with van der Waals surface area (Å²) in [6.45, 7) is 3.52. The minimum absolute atomic E-state index is 0.301. The van der Waals surface area contributed by atoms with Crippen LogP contribution in [0.5, 0.6) is 0 Å². The molecule has 0 radical (unpaired) electrons. The number of hydrogen-bond donors (Lipinski definition) is 1. The van der Waals surface area contributed by atoms with Gasteiger partial charge in [0, 0.05) is 25.5 Å². The first-order valence-electron chi connectivity index (χ1n) is 5.62. The molecule has 94 valence electrons. The Labute approximate surface area is 111 Å². The van der Waals surface area contributed by atoms with Gasteiger partial charge in [-0.25, -0.2) is 9.97 Å². The van der Waals surface area contributed by atoms with Crippen molar-refractivity contribution in [1.29, 1.82) is 0 Å². The Kier molecular flexibility index (Phi) is 3.94. The number of pyridine rings is 1. The minimum Gasteiger partial charge on any atom is -0.382 e. The van der Waals surface area contributed by atoms with Gasteiger partial charge >= 0.3 is 0 Å². The van der Waals surface area contributed by atoms with E-state index in [1.165, 1.54) is 6.33 Å². The van der Waals surface area contributed by atoms with Crippen LogP contribution < -0.4 is 10.6 Å². The molecule has 2 heterocycles. The maximum Gasteiger partial charge on any atom is 0.153 e. The highest BCUT2D eigenvalue weighted by molar-refractivity contribution is 6.35. The van der Waals surface area contributed by atoms with Crippen LogP contribution in [-0.2, 0) is 6.54 Å². The Bertz CT molecular complexity index is 517. The molecule has 0 bridgehead atoms. The SMILES string of the molecule is CCN(Cc1ccncc1)c1ncnc(N)c1Cl. The number of nitrogen functional groups attached to an aromatic ring is 1. The Morgan fingerprint density at radius 2 is 2.00 bits per heavy atom. The van der Waals surface area contributed by atoms with Crippen molar-refractivity contribution in [3.8, 4) is 0 Å². The maximum atomic E-state index is 6.13. The first-order valence-corrected chi connectivity index (χ1v) is 6.00. The van der Waals surface area contributed by atoms with Gasteiger partial charge in [0.2, 0.25) is 0 Å². The van der Waals surface area contributed by atoms with E-state index >= 15 is 0 Å². The fourth-order valence-electron chi connectivity index (χ4n) is 1.64. The number of halogens is 1. The average molecular weight is 264 g/mol. The second kappa shape index (κ2) is 5.64. The molecule has 0 fully saturated rings. The molecule has 2 aromatic heterocycles. The summed E-state index contributed by atoms with van der Waals surface area (Å²) >= 11 is 6.13. The molecule has 0 aliphatic rings. The Morgan fingerprint density at radius 3 is 2.67 bits per heavy atom. The summed E-state index contributed by atoms with van der Waals surface area (Å²) in [5.74, 6) is 0.957.